The number of carbonyl (C=O) groups excluding carboxylic acids is 1. The highest BCUT2D eigenvalue weighted by molar-refractivity contribution is 6.31. The Labute approximate surface area is 154 Å². The van der Waals surface area contributed by atoms with Gasteiger partial charge in [0.25, 0.3) is 11.8 Å². The third kappa shape index (κ3) is 4.18. The van der Waals surface area contributed by atoms with E-state index >= 15 is 0 Å². The van der Waals surface area contributed by atoms with E-state index in [0.29, 0.717) is 5.89 Å². The molecule has 0 unspecified atom stereocenters. The Morgan fingerprint density at radius 3 is 2.69 bits per heavy atom. The highest BCUT2D eigenvalue weighted by atomic mass is 35.5. The highest BCUT2D eigenvalue weighted by Crippen LogP contribution is 2.21. The monoisotopic (exact) mass is 375 g/mol. The average Bonchev–Trinajstić information content (AvgIpc) is 3.12. The van der Waals surface area contributed by atoms with E-state index < -0.39 is 5.82 Å². The van der Waals surface area contributed by atoms with Gasteiger partial charge in [-0.2, -0.15) is 0 Å². The molecule has 1 amide bonds. The maximum Gasteiger partial charge on any atom is 0.415 e. The first kappa shape index (κ1) is 17.9. The molecule has 0 saturated carbocycles. The molecule has 0 spiro atoms. The summed E-state index contributed by atoms with van der Waals surface area (Å²) >= 11 is 5.97. The van der Waals surface area contributed by atoms with Gasteiger partial charge in [0, 0.05) is 29.7 Å². The molecule has 0 aliphatic carbocycles. The first-order valence-electron chi connectivity index (χ1n) is 7.73. The molecule has 0 aliphatic heterocycles. The van der Waals surface area contributed by atoms with Crippen LogP contribution in [-0.2, 0) is 11.3 Å². The Morgan fingerprint density at radius 2 is 1.96 bits per heavy atom. The zero-order valence-electron chi connectivity index (χ0n) is 13.9. The van der Waals surface area contributed by atoms with Gasteiger partial charge in [0.2, 0.25) is 0 Å². The van der Waals surface area contributed by atoms with E-state index in [4.69, 9.17) is 20.8 Å². The molecule has 3 rings (SSSR count). The summed E-state index contributed by atoms with van der Waals surface area (Å²) in [5.41, 5.74) is 0.988. The first-order valence-corrected chi connectivity index (χ1v) is 8.11. The summed E-state index contributed by atoms with van der Waals surface area (Å²) < 4.78 is 24.4. The standard InChI is InChI=1S/C18H15ClFN3O3/c1-23(10-13-14(19)8-5-9-15(13)20)16(24)11-25-18-22-21-17(26-18)12-6-3-2-4-7-12/h2-9H,10-11H2,1H3. The van der Waals surface area contributed by atoms with Crippen molar-refractivity contribution in [2.75, 3.05) is 13.7 Å². The lowest BCUT2D eigenvalue weighted by Crippen LogP contribution is -2.31. The summed E-state index contributed by atoms with van der Waals surface area (Å²) in [6.45, 7) is -0.300. The fourth-order valence-electron chi connectivity index (χ4n) is 2.21. The number of rotatable bonds is 6. The van der Waals surface area contributed by atoms with Gasteiger partial charge in [-0.15, -0.1) is 5.10 Å². The van der Waals surface area contributed by atoms with Crippen LogP contribution in [-0.4, -0.2) is 34.7 Å². The minimum absolute atomic E-state index is 0.0206. The smallest absolute Gasteiger partial charge is 0.415 e. The maximum absolute atomic E-state index is 13.8. The Balaban J connectivity index is 1.58. The zero-order chi connectivity index (χ0) is 18.5. The second kappa shape index (κ2) is 7.97. The molecule has 1 aromatic heterocycles. The van der Waals surface area contributed by atoms with Crippen LogP contribution in [0.1, 0.15) is 5.56 Å². The lowest BCUT2D eigenvalue weighted by molar-refractivity contribution is -0.133. The lowest BCUT2D eigenvalue weighted by Gasteiger charge is -2.18. The molecular weight excluding hydrogens is 361 g/mol. The second-order valence-corrected chi connectivity index (χ2v) is 5.89. The first-order chi connectivity index (χ1) is 12.5. The van der Waals surface area contributed by atoms with E-state index in [1.807, 2.05) is 30.3 Å². The molecule has 0 radical (unpaired) electrons. The minimum atomic E-state index is -0.470. The molecule has 0 fully saturated rings. The van der Waals surface area contributed by atoms with Crippen molar-refractivity contribution < 1.29 is 18.3 Å². The molecule has 0 aliphatic rings. The largest absolute Gasteiger partial charge is 0.439 e. The number of aromatic nitrogens is 2. The number of benzene rings is 2. The quantitative estimate of drug-likeness (QED) is 0.658. The second-order valence-electron chi connectivity index (χ2n) is 5.48. The number of ether oxygens (including phenoxy) is 1. The van der Waals surface area contributed by atoms with Gasteiger partial charge in [0.1, 0.15) is 5.82 Å². The number of amides is 1. The van der Waals surface area contributed by atoms with Crippen LogP contribution in [0.15, 0.2) is 52.9 Å². The summed E-state index contributed by atoms with van der Waals surface area (Å²) in [5.74, 6) is -0.564. The SMILES string of the molecule is CN(Cc1c(F)cccc1Cl)C(=O)COc1nnc(-c2ccccc2)o1. The van der Waals surface area contributed by atoms with Crippen molar-refractivity contribution in [3.63, 3.8) is 0 Å². The van der Waals surface area contributed by atoms with Crippen molar-refractivity contribution in [2.24, 2.45) is 0 Å². The van der Waals surface area contributed by atoms with Gasteiger partial charge < -0.3 is 14.1 Å². The van der Waals surface area contributed by atoms with Crippen LogP contribution >= 0.6 is 11.6 Å². The molecule has 0 saturated heterocycles. The number of carbonyl (C=O) groups is 1. The fourth-order valence-corrected chi connectivity index (χ4v) is 2.43. The topological polar surface area (TPSA) is 68.5 Å². The molecule has 26 heavy (non-hydrogen) atoms. The van der Waals surface area contributed by atoms with Crippen LogP contribution in [0.25, 0.3) is 11.5 Å². The van der Waals surface area contributed by atoms with Crippen molar-refractivity contribution in [1.29, 1.82) is 0 Å². The van der Waals surface area contributed by atoms with Gasteiger partial charge in [-0.05, 0) is 24.3 Å². The van der Waals surface area contributed by atoms with Crippen LogP contribution in [0.3, 0.4) is 0 Å². The summed E-state index contributed by atoms with van der Waals surface area (Å²) in [7, 11) is 1.53. The maximum atomic E-state index is 13.8. The molecule has 3 aromatic rings. The van der Waals surface area contributed by atoms with E-state index in [0.717, 1.165) is 5.56 Å². The van der Waals surface area contributed by atoms with E-state index in [1.54, 1.807) is 6.07 Å². The van der Waals surface area contributed by atoms with E-state index in [2.05, 4.69) is 10.2 Å². The third-order valence-corrected chi connectivity index (χ3v) is 3.98. The molecular formula is C18H15ClFN3O3. The van der Waals surface area contributed by atoms with Gasteiger partial charge in [0.15, 0.2) is 6.61 Å². The predicted molar refractivity (Wildman–Crippen MR) is 93.1 cm³/mol. The van der Waals surface area contributed by atoms with Crippen LogP contribution in [0.2, 0.25) is 5.02 Å². The molecule has 6 nitrogen and oxygen atoms in total. The van der Waals surface area contributed by atoms with E-state index in [-0.39, 0.29) is 35.7 Å². The number of likely N-dealkylation sites (N-methyl/N-ethyl adjacent to an activating group) is 1. The van der Waals surface area contributed by atoms with Gasteiger partial charge in [-0.25, -0.2) is 4.39 Å². The number of halogens is 2. The van der Waals surface area contributed by atoms with Crippen molar-refractivity contribution in [3.05, 3.63) is 64.9 Å². The molecule has 0 bridgehead atoms. The molecule has 0 atom stereocenters. The van der Waals surface area contributed by atoms with E-state index in [9.17, 15) is 9.18 Å². The van der Waals surface area contributed by atoms with Gasteiger partial charge in [-0.1, -0.05) is 41.0 Å². The minimum Gasteiger partial charge on any atom is -0.439 e. The normalized spacial score (nSPS) is 10.6. The Bertz CT molecular complexity index is 881. The van der Waals surface area contributed by atoms with Crippen molar-refractivity contribution >= 4 is 17.5 Å². The number of hydrogen-bond donors (Lipinski definition) is 0. The van der Waals surface area contributed by atoms with Gasteiger partial charge in [0.05, 0.1) is 0 Å². The summed E-state index contributed by atoms with van der Waals surface area (Å²) in [6, 6.07) is 13.5. The van der Waals surface area contributed by atoms with Crippen molar-refractivity contribution in [3.8, 4) is 17.5 Å². The molecule has 2 aromatic carbocycles. The lowest BCUT2D eigenvalue weighted by atomic mass is 10.2. The summed E-state index contributed by atoms with van der Waals surface area (Å²) in [4.78, 5) is 13.5. The Morgan fingerprint density at radius 1 is 1.19 bits per heavy atom. The van der Waals surface area contributed by atoms with Crippen LogP contribution in [0, 0.1) is 5.82 Å². The summed E-state index contributed by atoms with van der Waals surface area (Å²) in [5, 5.41) is 7.87. The average molecular weight is 376 g/mol. The van der Waals surface area contributed by atoms with Crippen LogP contribution < -0.4 is 4.74 Å². The highest BCUT2D eigenvalue weighted by Gasteiger charge is 2.16. The van der Waals surface area contributed by atoms with Crippen molar-refractivity contribution in [1.82, 2.24) is 15.1 Å². The zero-order valence-corrected chi connectivity index (χ0v) is 14.6. The van der Waals surface area contributed by atoms with Gasteiger partial charge in [-0.3, -0.25) is 4.79 Å². The summed E-state index contributed by atoms with van der Waals surface area (Å²) in [6.07, 6.45) is -0.116. The molecule has 1 heterocycles. The Kier molecular flexibility index (Phi) is 5.48. The Hall–Kier alpha value is -2.93. The molecule has 8 heteroatoms. The third-order valence-electron chi connectivity index (χ3n) is 3.63. The van der Waals surface area contributed by atoms with Crippen LogP contribution in [0.5, 0.6) is 6.08 Å². The molecule has 134 valence electrons. The van der Waals surface area contributed by atoms with E-state index in [1.165, 1.54) is 24.1 Å². The fraction of sp³-hybridized carbons (Fsp3) is 0.167. The number of hydrogen-bond acceptors (Lipinski definition) is 5. The van der Waals surface area contributed by atoms with Crippen molar-refractivity contribution in [2.45, 2.75) is 6.54 Å². The van der Waals surface area contributed by atoms with Gasteiger partial charge >= 0.3 is 6.08 Å². The van der Waals surface area contributed by atoms with Crippen LogP contribution in [0.4, 0.5) is 4.39 Å². The predicted octanol–water partition coefficient (Wildman–Crippen LogP) is 3.57. The number of nitrogens with zero attached hydrogens (tertiary/aromatic N) is 3. The molecule has 0 N–H and O–H groups in total.